The summed E-state index contributed by atoms with van der Waals surface area (Å²) in [6, 6.07) is 7.11. The van der Waals surface area contributed by atoms with Crippen LogP contribution >= 0.6 is 11.6 Å². The van der Waals surface area contributed by atoms with Crippen LogP contribution in [0.25, 0.3) is 0 Å². The average molecular weight is 250 g/mol. The molecule has 1 aromatic rings. The fourth-order valence-corrected chi connectivity index (χ4v) is 1.90. The number of carbonyl (C=O) groups is 1. The summed E-state index contributed by atoms with van der Waals surface area (Å²) in [7, 11) is 0. The molecule has 0 saturated heterocycles. The number of ether oxygens (including phenoxy) is 1. The first kappa shape index (κ1) is 11.9. The average Bonchev–Trinajstić information content (AvgIpc) is 3.08. The van der Waals surface area contributed by atoms with Crippen molar-refractivity contribution in [2.75, 3.05) is 6.61 Å². The maximum atomic E-state index is 10.5. The van der Waals surface area contributed by atoms with Gasteiger partial charge in [-0.25, -0.2) is 0 Å². The van der Waals surface area contributed by atoms with E-state index in [1.54, 1.807) is 18.2 Å². The van der Waals surface area contributed by atoms with Crippen molar-refractivity contribution in [2.45, 2.75) is 19.3 Å². The minimum atomic E-state index is 0.0292. The second kappa shape index (κ2) is 4.77. The number of nitriles is 1. The summed E-state index contributed by atoms with van der Waals surface area (Å²) in [5.74, 6) is 0.571. The van der Waals surface area contributed by atoms with E-state index in [1.807, 2.05) is 0 Å². The van der Waals surface area contributed by atoms with Crippen molar-refractivity contribution < 1.29 is 9.53 Å². The molecule has 0 spiro atoms. The summed E-state index contributed by atoms with van der Waals surface area (Å²) in [5.41, 5.74) is 0.557. The van der Waals surface area contributed by atoms with E-state index in [-0.39, 0.29) is 5.41 Å². The SMILES string of the molecule is N#CCC1(COc2ccc(C=O)cc2Cl)CC1. The van der Waals surface area contributed by atoms with Gasteiger partial charge in [0, 0.05) is 17.4 Å². The number of nitrogens with zero attached hydrogens (tertiary/aromatic N) is 1. The molecule has 0 radical (unpaired) electrons. The van der Waals surface area contributed by atoms with Crippen LogP contribution in [0, 0.1) is 16.7 Å². The quantitative estimate of drug-likeness (QED) is 0.753. The Morgan fingerprint density at radius 1 is 1.53 bits per heavy atom. The highest BCUT2D eigenvalue weighted by atomic mass is 35.5. The standard InChI is InChI=1S/C13H12ClNO2/c14-11-7-10(8-16)1-2-12(11)17-9-13(3-4-13)5-6-15/h1-2,7-8H,3-5,9H2. The molecule has 3 nitrogen and oxygen atoms in total. The van der Waals surface area contributed by atoms with Gasteiger partial charge in [-0.2, -0.15) is 5.26 Å². The van der Waals surface area contributed by atoms with Crippen LogP contribution in [0.5, 0.6) is 5.75 Å². The third kappa shape index (κ3) is 2.78. The number of carbonyl (C=O) groups excluding carboxylic acids is 1. The molecular weight excluding hydrogens is 238 g/mol. The zero-order valence-electron chi connectivity index (χ0n) is 9.28. The van der Waals surface area contributed by atoms with Gasteiger partial charge in [0.1, 0.15) is 12.0 Å². The van der Waals surface area contributed by atoms with Crippen LogP contribution in [0.2, 0.25) is 5.02 Å². The fraction of sp³-hybridized carbons (Fsp3) is 0.385. The van der Waals surface area contributed by atoms with E-state index >= 15 is 0 Å². The molecule has 88 valence electrons. The molecule has 0 amide bonds. The predicted molar refractivity (Wildman–Crippen MR) is 64.2 cm³/mol. The van der Waals surface area contributed by atoms with Crippen molar-refractivity contribution in [3.05, 3.63) is 28.8 Å². The smallest absolute Gasteiger partial charge is 0.150 e. The van der Waals surface area contributed by atoms with Gasteiger partial charge in [0.05, 0.1) is 17.7 Å². The topological polar surface area (TPSA) is 50.1 Å². The van der Waals surface area contributed by atoms with Crippen LogP contribution in [0.3, 0.4) is 0 Å². The Bertz CT molecular complexity index is 475. The molecule has 1 aromatic carbocycles. The van der Waals surface area contributed by atoms with E-state index in [0.717, 1.165) is 19.1 Å². The number of hydrogen-bond donors (Lipinski definition) is 0. The highest BCUT2D eigenvalue weighted by Crippen LogP contribution is 2.49. The normalized spacial score (nSPS) is 16.0. The summed E-state index contributed by atoms with van der Waals surface area (Å²) in [6.07, 6.45) is 3.33. The Labute approximate surface area is 105 Å². The van der Waals surface area contributed by atoms with Gasteiger partial charge in [-0.1, -0.05) is 11.6 Å². The molecule has 1 aliphatic rings. The first-order valence-electron chi connectivity index (χ1n) is 5.44. The predicted octanol–water partition coefficient (Wildman–Crippen LogP) is 3.23. The third-order valence-corrected chi connectivity index (χ3v) is 3.33. The monoisotopic (exact) mass is 249 g/mol. The summed E-state index contributed by atoms with van der Waals surface area (Å²) < 4.78 is 5.62. The van der Waals surface area contributed by atoms with Crippen molar-refractivity contribution in [2.24, 2.45) is 5.41 Å². The van der Waals surface area contributed by atoms with E-state index in [2.05, 4.69) is 6.07 Å². The van der Waals surface area contributed by atoms with Gasteiger partial charge in [-0.3, -0.25) is 4.79 Å². The van der Waals surface area contributed by atoms with Crippen LogP contribution in [0.4, 0.5) is 0 Å². The molecule has 17 heavy (non-hydrogen) atoms. The lowest BCUT2D eigenvalue weighted by Gasteiger charge is -2.13. The van der Waals surface area contributed by atoms with Gasteiger partial charge in [-0.05, 0) is 31.0 Å². The maximum absolute atomic E-state index is 10.5. The van der Waals surface area contributed by atoms with Crippen LogP contribution in [-0.2, 0) is 0 Å². The van der Waals surface area contributed by atoms with E-state index in [9.17, 15) is 4.79 Å². The molecule has 0 aliphatic heterocycles. The molecule has 4 heteroatoms. The van der Waals surface area contributed by atoms with Crippen molar-refractivity contribution in [3.63, 3.8) is 0 Å². The van der Waals surface area contributed by atoms with Gasteiger partial charge in [-0.15, -0.1) is 0 Å². The lowest BCUT2D eigenvalue weighted by molar-refractivity contribution is 0.112. The highest BCUT2D eigenvalue weighted by Gasteiger charge is 2.43. The largest absolute Gasteiger partial charge is 0.491 e. The van der Waals surface area contributed by atoms with Crippen LogP contribution in [0.1, 0.15) is 29.6 Å². The second-order valence-electron chi connectivity index (χ2n) is 4.43. The van der Waals surface area contributed by atoms with Crippen LogP contribution < -0.4 is 4.74 Å². The number of benzene rings is 1. The summed E-state index contributed by atoms with van der Waals surface area (Å²) in [5, 5.41) is 9.12. The molecular formula is C13H12ClNO2. The van der Waals surface area contributed by atoms with Gasteiger partial charge in [0.2, 0.25) is 0 Å². The van der Waals surface area contributed by atoms with Gasteiger partial charge in [0.25, 0.3) is 0 Å². The molecule has 1 saturated carbocycles. The molecule has 2 rings (SSSR count). The Balaban J connectivity index is 2.00. The van der Waals surface area contributed by atoms with Gasteiger partial charge < -0.3 is 4.74 Å². The van der Waals surface area contributed by atoms with Crippen LogP contribution in [-0.4, -0.2) is 12.9 Å². The van der Waals surface area contributed by atoms with Crippen molar-refractivity contribution in [1.29, 1.82) is 5.26 Å². The van der Waals surface area contributed by atoms with Gasteiger partial charge >= 0.3 is 0 Å². The van der Waals surface area contributed by atoms with Crippen molar-refractivity contribution in [1.82, 2.24) is 0 Å². The van der Waals surface area contributed by atoms with E-state index in [4.69, 9.17) is 21.6 Å². The Morgan fingerprint density at radius 3 is 2.82 bits per heavy atom. The molecule has 0 bridgehead atoms. The van der Waals surface area contributed by atoms with E-state index in [0.29, 0.717) is 29.4 Å². The summed E-state index contributed by atoms with van der Waals surface area (Å²) in [6.45, 7) is 0.515. The van der Waals surface area contributed by atoms with Crippen LogP contribution in [0.15, 0.2) is 18.2 Å². The molecule has 0 atom stereocenters. The van der Waals surface area contributed by atoms with Crippen molar-refractivity contribution in [3.8, 4) is 11.8 Å². The summed E-state index contributed by atoms with van der Waals surface area (Å²) >= 11 is 5.99. The lowest BCUT2D eigenvalue weighted by Crippen LogP contribution is -2.12. The van der Waals surface area contributed by atoms with Gasteiger partial charge in [0.15, 0.2) is 0 Å². The number of rotatable bonds is 5. The third-order valence-electron chi connectivity index (χ3n) is 3.04. The Hall–Kier alpha value is -1.53. The molecule has 0 unspecified atom stereocenters. The zero-order chi connectivity index (χ0) is 12.3. The fourth-order valence-electron chi connectivity index (χ4n) is 1.65. The number of hydrogen-bond acceptors (Lipinski definition) is 3. The highest BCUT2D eigenvalue weighted by molar-refractivity contribution is 6.32. The minimum absolute atomic E-state index is 0.0292. The molecule has 0 aromatic heterocycles. The molecule has 1 fully saturated rings. The van der Waals surface area contributed by atoms with Crippen molar-refractivity contribution >= 4 is 17.9 Å². The number of halogens is 1. The zero-order valence-corrected chi connectivity index (χ0v) is 10.0. The lowest BCUT2D eigenvalue weighted by atomic mass is 10.1. The first-order valence-corrected chi connectivity index (χ1v) is 5.81. The minimum Gasteiger partial charge on any atom is -0.491 e. The first-order chi connectivity index (χ1) is 8.19. The van der Waals surface area contributed by atoms with E-state index in [1.165, 1.54) is 0 Å². The second-order valence-corrected chi connectivity index (χ2v) is 4.84. The maximum Gasteiger partial charge on any atom is 0.150 e. The molecule has 1 aliphatic carbocycles. The summed E-state index contributed by atoms with van der Waals surface area (Å²) in [4.78, 5) is 10.5. The van der Waals surface area contributed by atoms with E-state index < -0.39 is 0 Å². The Kier molecular flexibility index (Phi) is 3.35. The number of aldehydes is 1. The molecule has 0 heterocycles. The Morgan fingerprint density at radius 2 is 2.29 bits per heavy atom. The molecule has 0 N–H and O–H groups in total.